The summed E-state index contributed by atoms with van der Waals surface area (Å²) < 4.78 is 5.30. The molecule has 0 aromatic heterocycles. The number of aliphatic hydroxyl groups excluding tert-OH is 1. The zero-order chi connectivity index (χ0) is 10.4. The number of aliphatic hydroxyl groups is 1. The third kappa shape index (κ3) is 3.92. The lowest BCUT2D eigenvalue weighted by Crippen LogP contribution is -2.43. The summed E-state index contributed by atoms with van der Waals surface area (Å²) in [5, 5.41) is 8.74. The van der Waals surface area contributed by atoms with Gasteiger partial charge in [-0.2, -0.15) is 0 Å². The summed E-state index contributed by atoms with van der Waals surface area (Å²) in [6.45, 7) is 2.78. The number of hydrogen-bond acceptors (Lipinski definition) is 4. The molecular weight excluding hydrogens is 180 g/mol. The van der Waals surface area contributed by atoms with E-state index in [4.69, 9.17) is 15.6 Å². The minimum atomic E-state index is 0.0906. The first-order valence-electron chi connectivity index (χ1n) is 5.38. The molecule has 0 spiro atoms. The van der Waals surface area contributed by atoms with Gasteiger partial charge in [-0.05, 0) is 26.3 Å². The minimum Gasteiger partial charge on any atom is -0.396 e. The Hall–Kier alpha value is -0.160. The van der Waals surface area contributed by atoms with Gasteiger partial charge in [0.25, 0.3) is 0 Å². The lowest BCUT2D eigenvalue weighted by molar-refractivity contribution is 0.0406. The van der Waals surface area contributed by atoms with Gasteiger partial charge in [-0.25, -0.2) is 0 Å². The van der Waals surface area contributed by atoms with Gasteiger partial charge < -0.3 is 20.5 Å². The second-order valence-electron chi connectivity index (χ2n) is 4.06. The maximum atomic E-state index is 8.74. The number of ether oxygens (including phenoxy) is 1. The maximum Gasteiger partial charge on any atom is 0.0480 e. The first-order valence-corrected chi connectivity index (χ1v) is 5.38. The molecule has 0 aromatic carbocycles. The molecule has 0 aromatic rings. The molecule has 4 nitrogen and oxygen atoms in total. The van der Waals surface area contributed by atoms with Crippen molar-refractivity contribution in [3.8, 4) is 0 Å². The summed E-state index contributed by atoms with van der Waals surface area (Å²) in [4.78, 5) is 2.29. The van der Waals surface area contributed by atoms with Crippen molar-refractivity contribution in [3.05, 3.63) is 0 Å². The van der Waals surface area contributed by atoms with E-state index in [2.05, 4.69) is 11.9 Å². The van der Waals surface area contributed by atoms with Crippen molar-refractivity contribution >= 4 is 0 Å². The van der Waals surface area contributed by atoms with E-state index >= 15 is 0 Å². The van der Waals surface area contributed by atoms with Crippen molar-refractivity contribution in [2.45, 2.75) is 31.3 Å². The summed E-state index contributed by atoms with van der Waals surface area (Å²) in [5.41, 5.74) is 5.86. The van der Waals surface area contributed by atoms with Crippen LogP contribution in [0.4, 0.5) is 0 Å². The van der Waals surface area contributed by atoms with Crippen LogP contribution in [0.2, 0.25) is 0 Å². The van der Waals surface area contributed by atoms with E-state index in [0.717, 1.165) is 32.6 Å². The molecule has 0 radical (unpaired) electrons. The average molecular weight is 202 g/mol. The van der Waals surface area contributed by atoms with Crippen LogP contribution in [0.1, 0.15) is 19.3 Å². The molecule has 0 aliphatic carbocycles. The number of nitrogens with zero attached hydrogens (tertiary/aromatic N) is 1. The third-order valence-corrected chi connectivity index (χ3v) is 2.84. The Labute approximate surface area is 86.0 Å². The highest BCUT2D eigenvalue weighted by Gasteiger charge is 2.19. The molecule has 1 aliphatic rings. The Morgan fingerprint density at radius 3 is 2.71 bits per heavy atom. The summed E-state index contributed by atoms with van der Waals surface area (Å²) in [5.74, 6) is 0. The average Bonchev–Trinajstić information content (AvgIpc) is 2.19. The highest BCUT2D eigenvalue weighted by Crippen LogP contribution is 2.12. The molecular formula is C10H22N2O2. The lowest BCUT2D eigenvalue weighted by Gasteiger charge is -2.32. The van der Waals surface area contributed by atoms with Crippen LogP contribution in [0, 0.1) is 0 Å². The summed E-state index contributed by atoms with van der Waals surface area (Å²) in [7, 11) is 2.10. The summed E-state index contributed by atoms with van der Waals surface area (Å²) in [6.07, 6.45) is 2.89. The van der Waals surface area contributed by atoms with Crippen molar-refractivity contribution in [3.63, 3.8) is 0 Å². The molecule has 1 fully saturated rings. The van der Waals surface area contributed by atoms with E-state index in [0.29, 0.717) is 12.5 Å². The Kier molecular flexibility index (Phi) is 5.40. The van der Waals surface area contributed by atoms with Gasteiger partial charge in [0, 0.05) is 38.4 Å². The van der Waals surface area contributed by atoms with Gasteiger partial charge in [0.15, 0.2) is 0 Å². The molecule has 1 aliphatic heterocycles. The monoisotopic (exact) mass is 202 g/mol. The van der Waals surface area contributed by atoms with Crippen LogP contribution in [-0.2, 0) is 4.74 Å². The molecule has 1 heterocycles. The van der Waals surface area contributed by atoms with Gasteiger partial charge in [0.2, 0.25) is 0 Å². The maximum absolute atomic E-state index is 8.74. The normalized spacial score (nSPS) is 21.4. The third-order valence-electron chi connectivity index (χ3n) is 2.84. The minimum absolute atomic E-state index is 0.0906. The molecule has 0 bridgehead atoms. The molecule has 1 atom stereocenters. The van der Waals surface area contributed by atoms with Gasteiger partial charge in [-0.1, -0.05) is 0 Å². The van der Waals surface area contributed by atoms with E-state index in [1.54, 1.807) is 0 Å². The van der Waals surface area contributed by atoms with Crippen LogP contribution in [0.3, 0.4) is 0 Å². The molecule has 4 heteroatoms. The Morgan fingerprint density at radius 1 is 1.50 bits per heavy atom. The molecule has 14 heavy (non-hydrogen) atoms. The predicted octanol–water partition coefficient (Wildman–Crippen LogP) is -0.193. The van der Waals surface area contributed by atoms with Crippen molar-refractivity contribution in [1.82, 2.24) is 4.90 Å². The molecule has 1 rings (SSSR count). The quantitative estimate of drug-likeness (QED) is 0.648. The highest BCUT2D eigenvalue weighted by atomic mass is 16.5. The van der Waals surface area contributed by atoms with E-state index in [-0.39, 0.29) is 12.6 Å². The van der Waals surface area contributed by atoms with Crippen LogP contribution in [-0.4, -0.2) is 55.5 Å². The number of nitrogens with two attached hydrogens (primary N) is 1. The van der Waals surface area contributed by atoms with E-state index < -0.39 is 0 Å². The van der Waals surface area contributed by atoms with Gasteiger partial charge in [0.05, 0.1) is 0 Å². The molecule has 0 amide bonds. The Balaban J connectivity index is 2.21. The van der Waals surface area contributed by atoms with E-state index in [1.807, 2.05) is 0 Å². The first kappa shape index (κ1) is 11.9. The van der Waals surface area contributed by atoms with E-state index in [9.17, 15) is 0 Å². The fourth-order valence-corrected chi connectivity index (χ4v) is 1.90. The lowest BCUT2D eigenvalue weighted by atomic mass is 10.1. The fraction of sp³-hybridized carbons (Fsp3) is 1.00. The fourth-order valence-electron chi connectivity index (χ4n) is 1.90. The van der Waals surface area contributed by atoms with Gasteiger partial charge in [-0.3, -0.25) is 0 Å². The van der Waals surface area contributed by atoms with Crippen LogP contribution in [0.25, 0.3) is 0 Å². The summed E-state index contributed by atoms with van der Waals surface area (Å²) in [6, 6.07) is 0.696. The largest absolute Gasteiger partial charge is 0.396 e. The summed E-state index contributed by atoms with van der Waals surface area (Å²) >= 11 is 0. The Morgan fingerprint density at radius 2 is 2.14 bits per heavy atom. The van der Waals surface area contributed by atoms with Crippen LogP contribution >= 0.6 is 0 Å². The molecule has 0 saturated carbocycles. The van der Waals surface area contributed by atoms with Crippen LogP contribution < -0.4 is 5.73 Å². The van der Waals surface area contributed by atoms with Crippen molar-refractivity contribution < 1.29 is 9.84 Å². The van der Waals surface area contributed by atoms with Gasteiger partial charge >= 0.3 is 0 Å². The molecule has 3 N–H and O–H groups in total. The van der Waals surface area contributed by atoms with Crippen molar-refractivity contribution in [2.75, 3.05) is 33.4 Å². The molecule has 1 unspecified atom stereocenters. The molecule has 1 saturated heterocycles. The topological polar surface area (TPSA) is 58.7 Å². The SMILES string of the molecule is CN(CC(N)CCO)C1CCOCC1. The number of hydrogen-bond donors (Lipinski definition) is 2. The van der Waals surface area contributed by atoms with Crippen molar-refractivity contribution in [2.24, 2.45) is 5.73 Å². The van der Waals surface area contributed by atoms with Gasteiger partial charge in [0.1, 0.15) is 0 Å². The van der Waals surface area contributed by atoms with Crippen LogP contribution in [0.5, 0.6) is 0 Å². The van der Waals surface area contributed by atoms with Crippen molar-refractivity contribution in [1.29, 1.82) is 0 Å². The number of likely N-dealkylation sites (N-methyl/N-ethyl adjacent to an activating group) is 1. The smallest absolute Gasteiger partial charge is 0.0480 e. The number of rotatable bonds is 5. The standard InChI is InChI=1S/C10H22N2O2/c1-12(8-9(11)2-5-13)10-3-6-14-7-4-10/h9-10,13H,2-8,11H2,1H3. The highest BCUT2D eigenvalue weighted by molar-refractivity contribution is 4.75. The molecule has 84 valence electrons. The van der Waals surface area contributed by atoms with Gasteiger partial charge in [-0.15, -0.1) is 0 Å². The second kappa shape index (κ2) is 6.35. The zero-order valence-electron chi connectivity index (χ0n) is 8.98. The predicted molar refractivity (Wildman–Crippen MR) is 56.1 cm³/mol. The van der Waals surface area contributed by atoms with Crippen LogP contribution in [0.15, 0.2) is 0 Å². The first-order chi connectivity index (χ1) is 6.74. The van der Waals surface area contributed by atoms with E-state index in [1.165, 1.54) is 0 Å². The second-order valence-corrected chi connectivity index (χ2v) is 4.06. The Bertz CT molecular complexity index is 149. The zero-order valence-corrected chi connectivity index (χ0v) is 8.98.